The molecule has 0 aliphatic carbocycles. The van der Waals surface area contributed by atoms with Crippen LogP contribution in [-0.4, -0.2) is 34.5 Å². The Kier molecular flexibility index (Phi) is 4.42. The summed E-state index contributed by atoms with van der Waals surface area (Å²) in [6, 6.07) is 3.59. The Morgan fingerprint density at radius 2 is 2.00 bits per heavy atom. The molecule has 1 N–H and O–H groups in total. The van der Waals surface area contributed by atoms with Gasteiger partial charge in [0, 0.05) is 11.6 Å². The minimum Gasteiger partial charge on any atom is -0.480 e. The van der Waals surface area contributed by atoms with Crippen molar-refractivity contribution in [1.82, 2.24) is 4.90 Å². The summed E-state index contributed by atoms with van der Waals surface area (Å²) in [7, 11) is 0. The second kappa shape index (κ2) is 5.62. The molecular weight excluding hydrogens is 237 g/mol. The predicted molar refractivity (Wildman–Crippen MR) is 64.9 cm³/mol. The van der Waals surface area contributed by atoms with Crippen LogP contribution < -0.4 is 0 Å². The molecule has 18 heavy (non-hydrogen) atoms. The average Bonchev–Trinajstić information content (AvgIpc) is 2.24. The van der Waals surface area contributed by atoms with E-state index in [1.54, 1.807) is 20.8 Å². The molecule has 0 saturated heterocycles. The number of carboxylic acid groups (broad SMARTS) is 1. The first-order valence-corrected chi connectivity index (χ1v) is 5.62. The van der Waals surface area contributed by atoms with Gasteiger partial charge >= 0.3 is 5.97 Å². The summed E-state index contributed by atoms with van der Waals surface area (Å²) < 4.78 is 13.0. The topological polar surface area (TPSA) is 57.6 Å². The second-order valence-corrected chi connectivity index (χ2v) is 4.38. The highest BCUT2D eigenvalue weighted by Gasteiger charge is 2.22. The summed E-state index contributed by atoms with van der Waals surface area (Å²) in [5.74, 6) is -1.89. The van der Waals surface area contributed by atoms with Crippen LogP contribution in [0.25, 0.3) is 0 Å². The summed E-state index contributed by atoms with van der Waals surface area (Å²) in [4.78, 5) is 24.2. The number of carbonyl (C=O) groups is 2. The van der Waals surface area contributed by atoms with Crippen molar-refractivity contribution in [1.29, 1.82) is 0 Å². The maximum atomic E-state index is 13.0. The van der Waals surface area contributed by atoms with Gasteiger partial charge in [0.05, 0.1) is 0 Å². The number of rotatable bonds is 4. The minimum atomic E-state index is -1.07. The fourth-order valence-electron chi connectivity index (χ4n) is 1.66. The monoisotopic (exact) mass is 253 g/mol. The smallest absolute Gasteiger partial charge is 0.323 e. The molecule has 4 nitrogen and oxygen atoms in total. The molecule has 0 bridgehead atoms. The maximum Gasteiger partial charge on any atom is 0.323 e. The average molecular weight is 253 g/mol. The predicted octanol–water partition coefficient (Wildman–Crippen LogP) is 2.07. The van der Waals surface area contributed by atoms with Crippen LogP contribution in [0, 0.1) is 12.7 Å². The largest absolute Gasteiger partial charge is 0.480 e. The minimum absolute atomic E-state index is 0.238. The summed E-state index contributed by atoms with van der Waals surface area (Å²) in [5.41, 5.74) is 0.822. The number of aliphatic carboxylic acids is 1. The molecule has 0 heterocycles. The lowest BCUT2D eigenvalue weighted by Crippen LogP contribution is -2.40. The third kappa shape index (κ3) is 3.29. The molecule has 1 aromatic rings. The van der Waals surface area contributed by atoms with E-state index < -0.39 is 17.7 Å². The molecule has 1 amide bonds. The molecular formula is C13H16FNO3. The highest BCUT2D eigenvalue weighted by atomic mass is 19.1. The molecule has 0 saturated carbocycles. The van der Waals surface area contributed by atoms with Crippen LogP contribution in [0.5, 0.6) is 0 Å². The van der Waals surface area contributed by atoms with Gasteiger partial charge in [0.2, 0.25) is 0 Å². The molecule has 0 atom stereocenters. The number of carbonyl (C=O) groups excluding carboxylic acids is 1. The fraction of sp³-hybridized carbons (Fsp3) is 0.385. The van der Waals surface area contributed by atoms with Crippen molar-refractivity contribution in [2.75, 3.05) is 6.54 Å². The first-order chi connectivity index (χ1) is 8.32. The Balaban J connectivity index is 3.05. The lowest BCUT2D eigenvalue weighted by Gasteiger charge is -2.25. The van der Waals surface area contributed by atoms with Gasteiger partial charge in [0.1, 0.15) is 12.4 Å². The molecule has 0 unspecified atom stereocenters. The summed E-state index contributed by atoms with van der Waals surface area (Å²) >= 11 is 0. The van der Waals surface area contributed by atoms with Crippen molar-refractivity contribution in [2.24, 2.45) is 0 Å². The SMILES string of the molecule is Cc1cc(F)ccc1C(=O)N(CC(=O)O)C(C)C. The Bertz CT molecular complexity index is 471. The third-order valence-corrected chi connectivity index (χ3v) is 2.61. The van der Waals surface area contributed by atoms with Crippen molar-refractivity contribution in [3.8, 4) is 0 Å². The number of halogens is 1. The molecule has 0 aliphatic rings. The zero-order valence-corrected chi connectivity index (χ0v) is 10.6. The molecule has 0 spiro atoms. The van der Waals surface area contributed by atoms with Gasteiger partial charge in [0.15, 0.2) is 0 Å². The third-order valence-electron chi connectivity index (χ3n) is 2.61. The lowest BCUT2D eigenvalue weighted by molar-refractivity contribution is -0.138. The van der Waals surface area contributed by atoms with Gasteiger partial charge < -0.3 is 10.0 Å². The quantitative estimate of drug-likeness (QED) is 0.893. The zero-order chi connectivity index (χ0) is 13.9. The van der Waals surface area contributed by atoms with Crippen LogP contribution in [0.4, 0.5) is 4.39 Å². The van der Waals surface area contributed by atoms with Crippen molar-refractivity contribution >= 4 is 11.9 Å². The second-order valence-electron chi connectivity index (χ2n) is 4.38. The number of nitrogens with zero attached hydrogens (tertiary/aromatic N) is 1. The molecule has 0 fully saturated rings. The number of hydrogen-bond donors (Lipinski definition) is 1. The number of amides is 1. The van der Waals surface area contributed by atoms with Crippen molar-refractivity contribution < 1.29 is 19.1 Å². The van der Waals surface area contributed by atoms with E-state index in [2.05, 4.69) is 0 Å². The number of benzene rings is 1. The summed E-state index contributed by atoms with van der Waals surface area (Å²) in [6.07, 6.45) is 0. The van der Waals surface area contributed by atoms with E-state index in [0.717, 1.165) is 0 Å². The lowest BCUT2D eigenvalue weighted by atomic mass is 10.1. The van der Waals surface area contributed by atoms with Crippen LogP contribution in [-0.2, 0) is 4.79 Å². The molecule has 1 rings (SSSR count). The van der Waals surface area contributed by atoms with Crippen LogP contribution in [0.2, 0.25) is 0 Å². The van der Waals surface area contributed by atoms with Crippen LogP contribution in [0.1, 0.15) is 29.8 Å². The normalized spacial score (nSPS) is 10.5. The number of hydrogen-bond acceptors (Lipinski definition) is 2. The van der Waals surface area contributed by atoms with Crippen LogP contribution in [0.3, 0.4) is 0 Å². The van der Waals surface area contributed by atoms with E-state index in [9.17, 15) is 14.0 Å². The van der Waals surface area contributed by atoms with Gasteiger partial charge in [-0.2, -0.15) is 0 Å². The van der Waals surface area contributed by atoms with Crippen molar-refractivity contribution in [3.63, 3.8) is 0 Å². The van der Waals surface area contributed by atoms with E-state index in [4.69, 9.17) is 5.11 Å². The Morgan fingerprint density at radius 1 is 1.39 bits per heavy atom. The molecule has 0 aromatic heterocycles. The Labute approximate surface area is 105 Å². The van der Waals surface area contributed by atoms with Gasteiger partial charge in [-0.25, -0.2) is 4.39 Å². The van der Waals surface area contributed by atoms with Gasteiger partial charge in [0.25, 0.3) is 5.91 Å². The zero-order valence-electron chi connectivity index (χ0n) is 10.6. The van der Waals surface area contributed by atoms with Gasteiger partial charge in [-0.1, -0.05) is 0 Å². The van der Waals surface area contributed by atoms with Crippen molar-refractivity contribution in [2.45, 2.75) is 26.8 Å². The first-order valence-electron chi connectivity index (χ1n) is 5.62. The Hall–Kier alpha value is -1.91. The first kappa shape index (κ1) is 14.2. The highest BCUT2D eigenvalue weighted by molar-refractivity contribution is 5.97. The summed E-state index contributed by atoms with van der Waals surface area (Å²) in [5, 5.41) is 8.79. The molecule has 98 valence electrons. The standard InChI is InChI=1S/C13H16FNO3/c1-8(2)15(7-12(16)17)13(18)11-5-4-10(14)6-9(11)3/h4-6,8H,7H2,1-3H3,(H,16,17). The van der Waals surface area contributed by atoms with E-state index in [0.29, 0.717) is 11.1 Å². The highest BCUT2D eigenvalue weighted by Crippen LogP contribution is 2.14. The van der Waals surface area contributed by atoms with Gasteiger partial charge in [-0.3, -0.25) is 9.59 Å². The number of carboxylic acids is 1. The van der Waals surface area contributed by atoms with E-state index in [1.165, 1.54) is 23.1 Å². The maximum absolute atomic E-state index is 13.0. The molecule has 5 heteroatoms. The van der Waals surface area contributed by atoms with Gasteiger partial charge in [-0.05, 0) is 44.5 Å². The molecule has 0 aliphatic heterocycles. The van der Waals surface area contributed by atoms with E-state index in [1.807, 2.05) is 0 Å². The fourth-order valence-corrected chi connectivity index (χ4v) is 1.66. The molecule has 1 aromatic carbocycles. The van der Waals surface area contributed by atoms with Crippen LogP contribution in [0.15, 0.2) is 18.2 Å². The molecule has 0 radical (unpaired) electrons. The van der Waals surface area contributed by atoms with E-state index in [-0.39, 0.29) is 12.6 Å². The Morgan fingerprint density at radius 3 is 2.44 bits per heavy atom. The van der Waals surface area contributed by atoms with Crippen LogP contribution >= 0.6 is 0 Å². The van der Waals surface area contributed by atoms with Gasteiger partial charge in [-0.15, -0.1) is 0 Å². The number of aryl methyl sites for hydroxylation is 1. The van der Waals surface area contributed by atoms with Crippen molar-refractivity contribution in [3.05, 3.63) is 35.1 Å². The van der Waals surface area contributed by atoms with E-state index >= 15 is 0 Å². The summed E-state index contributed by atoms with van der Waals surface area (Å²) in [6.45, 7) is 4.72.